The molecule has 2 amide bonds. The van der Waals surface area contributed by atoms with E-state index >= 15 is 0 Å². The summed E-state index contributed by atoms with van der Waals surface area (Å²) >= 11 is 8.01. The number of halogens is 1. The highest BCUT2D eigenvalue weighted by Gasteiger charge is 2.54. The van der Waals surface area contributed by atoms with Crippen LogP contribution in [0.3, 0.4) is 0 Å². The summed E-state index contributed by atoms with van der Waals surface area (Å²) in [6.07, 6.45) is 16.2. The fourth-order valence-corrected chi connectivity index (χ4v) is 12.1. The fourth-order valence-electron chi connectivity index (χ4n) is 10.3. The van der Waals surface area contributed by atoms with Gasteiger partial charge in [-0.1, -0.05) is 18.8 Å². The number of terminal acetylenes is 1. The summed E-state index contributed by atoms with van der Waals surface area (Å²) in [5.41, 5.74) is 5.10. The van der Waals surface area contributed by atoms with Gasteiger partial charge in [-0.3, -0.25) is 0 Å². The number of fused-ring (bicyclic) bond motifs is 2. The van der Waals surface area contributed by atoms with Crippen LogP contribution in [0, 0.1) is 35.5 Å². The highest BCUT2D eigenvalue weighted by atomic mass is 35.5. The van der Waals surface area contributed by atoms with Crippen molar-refractivity contribution >= 4 is 58.6 Å². The molecule has 286 valence electrons. The molecule has 7 fully saturated rings. The third kappa shape index (κ3) is 7.56. The highest BCUT2D eigenvalue weighted by molar-refractivity contribution is 8.00. The Labute approximate surface area is 317 Å². The van der Waals surface area contributed by atoms with Crippen LogP contribution in [0.25, 0.3) is 11.0 Å². The van der Waals surface area contributed by atoms with Crippen LogP contribution < -0.4 is 16.4 Å². The van der Waals surface area contributed by atoms with Gasteiger partial charge in [0.25, 0.3) is 0 Å². The number of carbonyl (C=O) groups excluding carboxylic acids is 3. The molecule has 2 aromatic heterocycles. The number of hydrogen-bond donors (Lipinski definition) is 3. The van der Waals surface area contributed by atoms with Gasteiger partial charge in [-0.15, -0.1) is 6.42 Å². The van der Waals surface area contributed by atoms with Gasteiger partial charge < -0.3 is 44.6 Å². The summed E-state index contributed by atoms with van der Waals surface area (Å²) in [5, 5.41) is 6.87. The molecule has 3 saturated heterocycles. The van der Waals surface area contributed by atoms with E-state index in [0.717, 1.165) is 49.2 Å². The van der Waals surface area contributed by atoms with Crippen molar-refractivity contribution in [3.63, 3.8) is 0 Å². The second kappa shape index (κ2) is 14.9. The minimum absolute atomic E-state index is 0.0386. The number of nitrogens with zero attached hydrogens (tertiary/aromatic N) is 3. The number of ether oxygens (including phenoxy) is 5. The summed E-state index contributed by atoms with van der Waals surface area (Å²) < 4.78 is 30.5. The van der Waals surface area contributed by atoms with Crippen LogP contribution in [0.2, 0.25) is 5.28 Å². The molecule has 6 atom stereocenters. The maximum atomic E-state index is 13.2. The molecule has 4 bridgehead atoms. The molecular formula is C37H47ClN6O8S. The molecule has 14 nitrogen and oxygen atoms in total. The number of unbranched alkanes of at least 4 members (excludes halogenated alkanes) is 2. The van der Waals surface area contributed by atoms with Crippen LogP contribution in [-0.4, -0.2) is 87.5 Å². The molecule has 0 unspecified atom stereocenters. The van der Waals surface area contributed by atoms with Crippen molar-refractivity contribution in [1.29, 1.82) is 0 Å². The number of nitrogen functional groups attached to an aromatic ring is 1. The van der Waals surface area contributed by atoms with Gasteiger partial charge in [0.15, 0.2) is 6.10 Å². The fraction of sp³-hybridized carbons (Fsp3) is 0.703. The zero-order valence-corrected chi connectivity index (χ0v) is 31.2. The van der Waals surface area contributed by atoms with E-state index in [-0.39, 0.29) is 54.3 Å². The second-order valence-corrected chi connectivity index (χ2v) is 17.5. The molecule has 7 aliphatic rings. The van der Waals surface area contributed by atoms with Crippen molar-refractivity contribution in [2.45, 2.75) is 112 Å². The van der Waals surface area contributed by atoms with Crippen molar-refractivity contribution in [2.24, 2.45) is 23.2 Å². The number of nitrogens with one attached hydrogen (secondary N) is 2. The Morgan fingerprint density at radius 3 is 2.55 bits per heavy atom. The topological polar surface area (TPSA) is 178 Å². The summed E-state index contributed by atoms with van der Waals surface area (Å²) in [4.78, 5) is 46.0. The number of urea groups is 1. The summed E-state index contributed by atoms with van der Waals surface area (Å²) in [5.74, 6) is 6.13. The lowest BCUT2D eigenvalue weighted by molar-refractivity contribution is -0.107. The Hall–Kier alpha value is -3.61. The minimum Gasteiger partial charge on any atom is -0.434 e. The number of amides is 2. The first kappa shape index (κ1) is 36.4. The van der Waals surface area contributed by atoms with Crippen molar-refractivity contribution in [2.75, 3.05) is 31.3 Å². The van der Waals surface area contributed by atoms with Crippen LogP contribution in [0.5, 0.6) is 0 Å². The molecule has 3 aliphatic heterocycles. The molecule has 53 heavy (non-hydrogen) atoms. The van der Waals surface area contributed by atoms with Crippen molar-refractivity contribution in [3.8, 4) is 12.3 Å². The highest BCUT2D eigenvalue weighted by Crippen LogP contribution is 2.61. The zero-order chi connectivity index (χ0) is 36.7. The average molecular weight is 771 g/mol. The second-order valence-electron chi connectivity index (χ2n) is 15.9. The molecule has 0 aromatic carbocycles. The zero-order valence-electron chi connectivity index (χ0n) is 29.6. The van der Waals surface area contributed by atoms with Gasteiger partial charge in [0.1, 0.15) is 24.3 Å². The lowest BCUT2D eigenvalue weighted by Crippen LogP contribution is -2.47. The first-order valence-electron chi connectivity index (χ1n) is 18.9. The molecule has 4 N–H and O–H groups in total. The van der Waals surface area contributed by atoms with E-state index in [1.165, 1.54) is 38.5 Å². The van der Waals surface area contributed by atoms with Gasteiger partial charge in [0.05, 0.1) is 30.7 Å². The smallest absolute Gasteiger partial charge is 0.434 e. The van der Waals surface area contributed by atoms with E-state index < -0.39 is 36.9 Å². The van der Waals surface area contributed by atoms with Crippen molar-refractivity contribution in [3.05, 3.63) is 17.5 Å². The van der Waals surface area contributed by atoms with E-state index in [1.54, 1.807) is 16.8 Å². The van der Waals surface area contributed by atoms with Crippen molar-refractivity contribution in [1.82, 2.24) is 25.2 Å². The average Bonchev–Trinajstić information content (AvgIpc) is 3.88. The number of nitrogens with two attached hydrogens (primary N) is 1. The SMILES string of the molecule is C#C[C@]1(COC(=O)OCCCCC[C@@H]2SC[C@@H]3NC(=O)N[C@@H]32)O[C@@H](n2ccc3c(N)nc(Cl)nc32)C[C@@H]1OC(=O)OCCC12CC3CC(CC(C3)C1)C2. The standard InChI is InChI=1S/C37H47ClN6O8S/c1-2-37(20-50-34(46)48-10-5-3-4-6-26-29-25(19-53-26)40-33(45)41-29)27(15-28(52-37)44-9-7-24-30(39)42-32(38)43-31(24)44)51-35(47)49-11-8-36-16-21-12-22(17-36)14-23(13-21)18-36/h1,7,9,21-23,25-29H,3-6,8,10-20H2,(H2,39,42,43)(H2,40,41,45)/t21?,22?,23?,25-,26-,27-,28+,29-,36?,37+/m0/s1. The summed E-state index contributed by atoms with van der Waals surface area (Å²) in [6, 6.07) is 2.00. The molecule has 4 saturated carbocycles. The normalized spacial score (nSPS) is 35.1. The van der Waals surface area contributed by atoms with Gasteiger partial charge >= 0.3 is 18.3 Å². The number of aromatic nitrogens is 3. The van der Waals surface area contributed by atoms with Gasteiger partial charge in [-0.25, -0.2) is 19.4 Å². The molecule has 0 spiro atoms. The van der Waals surface area contributed by atoms with E-state index in [9.17, 15) is 14.4 Å². The Kier molecular flexibility index (Phi) is 10.2. The maximum Gasteiger partial charge on any atom is 0.508 e. The first-order valence-corrected chi connectivity index (χ1v) is 20.3. The van der Waals surface area contributed by atoms with Gasteiger partial charge in [0.2, 0.25) is 10.9 Å². The number of thioether (sulfide) groups is 1. The Morgan fingerprint density at radius 1 is 1.04 bits per heavy atom. The third-order valence-corrected chi connectivity index (χ3v) is 14.0. The number of anilines is 1. The van der Waals surface area contributed by atoms with Crippen LogP contribution in [-0.2, 0) is 23.7 Å². The maximum absolute atomic E-state index is 13.2. The van der Waals surface area contributed by atoms with Crippen LogP contribution >= 0.6 is 23.4 Å². The van der Waals surface area contributed by atoms with Crippen LogP contribution in [0.15, 0.2) is 12.3 Å². The third-order valence-electron chi connectivity index (χ3n) is 12.4. The van der Waals surface area contributed by atoms with E-state index in [4.69, 9.17) is 47.4 Å². The van der Waals surface area contributed by atoms with Crippen LogP contribution in [0.4, 0.5) is 20.2 Å². The van der Waals surface area contributed by atoms with Crippen LogP contribution in [0.1, 0.15) is 83.3 Å². The Bertz CT molecular complexity index is 1730. The predicted octanol–water partition coefficient (Wildman–Crippen LogP) is 5.97. The Morgan fingerprint density at radius 2 is 1.79 bits per heavy atom. The molecule has 2 aromatic rings. The number of rotatable bonds is 13. The molecule has 4 aliphatic carbocycles. The molecule has 9 rings (SSSR count). The van der Waals surface area contributed by atoms with Gasteiger partial charge in [-0.05, 0) is 98.6 Å². The van der Waals surface area contributed by atoms with E-state index in [2.05, 4.69) is 26.5 Å². The monoisotopic (exact) mass is 770 g/mol. The largest absolute Gasteiger partial charge is 0.508 e. The van der Waals surface area contributed by atoms with Crippen molar-refractivity contribution < 1.29 is 38.1 Å². The lowest BCUT2D eigenvalue weighted by atomic mass is 9.49. The lowest BCUT2D eigenvalue weighted by Gasteiger charge is -2.57. The minimum atomic E-state index is -1.65. The molecule has 5 heterocycles. The molecular weight excluding hydrogens is 724 g/mol. The first-order chi connectivity index (χ1) is 25.6. The Balaban J connectivity index is 0.860. The van der Waals surface area contributed by atoms with Gasteiger partial charge in [0, 0.05) is 23.6 Å². The summed E-state index contributed by atoms with van der Waals surface area (Å²) in [7, 11) is 0. The van der Waals surface area contributed by atoms with Gasteiger partial charge in [-0.2, -0.15) is 16.7 Å². The van der Waals surface area contributed by atoms with E-state index in [1.807, 2.05) is 11.8 Å². The molecule has 0 radical (unpaired) electrons. The molecule has 16 heteroatoms. The summed E-state index contributed by atoms with van der Waals surface area (Å²) in [6.45, 7) is 0.00226. The van der Waals surface area contributed by atoms with E-state index in [0.29, 0.717) is 22.7 Å². The number of hydrogen-bond acceptors (Lipinski definition) is 12. The number of carbonyl (C=O) groups is 3. The quantitative estimate of drug-likeness (QED) is 0.0717. The predicted molar refractivity (Wildman–Crippen MR) is 196 cm³/mol.